The SMILES string of the molecule is CC(C(=O)N(C)Cc1ccco1)S(C)(=O)=O. The first-order chi connectivity index (χ1) is 7.32. The third kappa shape index (κ3) is 3.10. The van der Waals surface area contributed by atoms with Crippen molar-refractivity contribution in [2.75, 3.05) is 13.3 Å². The summed E-state index contributed by atoms with van der Waals surface area (Å²) in [7, 11) is -1.80. The van der Waals surface area contributed by atoms with E-state index < -0.39 is 21.0 Å². The highest BCUT2D eigenvalue weighted by Gasteiger charge is 2.26. The van der Waals surface area contributed by atoms with Crippen LogP contribution in [0.2, 0.25) is 0 Å². The third-order valence-corrected chi connectivity index (χ3v) is 3.83. The van der Waals surface area contributed by atoms with Crippen molar-refractivity contribution in [2.24, 2.45) is 0 Å². The number of hydrogen-bond donors (Lipinski definition) is 0. The normalized spacial score (nSPS) is 13.4. The van der Waals surface area contributed by atoms with Crippen molar-refractivity contribution in [1.29, 1.82) is 0 Å². The van der Waals surface area contributed by atoms with Gasteiger partial charge in [-0.25, -0.2) is 8.42 Å². The molecule has 0 aromatic carbocycles. The number of sulfone groups is 1. The number of hydrogen-bond acceptors (Lipinski definition) is 4. The van der Waals surface area contributed by atoms with E-state index in [9.17, 15) is 13.2 Å². The molecular weight excluding hydrogens is 230 g/mol. The lowest BCUT2D eigenvalue weighted by molar-refractivity contribution is -0.129. The highest BCUT2D eigenvalue weighted by Crippen LogP contribution is 2.08. The van der Waals surface area contributed by atoms with Crippen molar-refractivity contribution < 1.29 is 17.6 Å². The number of carbonyl (C=O) groups excluding carboxylic acids is 1. The van der Waals surface area contributed by atoms with Gasteiger partial charge in [0.2, 0.25) is 5.91 Å². The molecule has 0 fully saturated rings. The van der Waals surface area contributed by atoms with E-state index in [0.29, 0.717) is 5.76 Å². The predicted molar refractivity (Wildman–Crippen MR) is 59.5 cm³/mol. The van der Waals surface area contributed by atoms with Crippen LogP contribution in [0.25, 0.3) is 0 Å². The summed E-state index contributed by atoms with van der Waals surface area (Å²) in [5.41, 5.74) is 0. The molecule has 0 aliphatic rings. The van der Waals surface area contributed by atoms with Crippen LogP contribution in [0.5, 0.6) is 0 Å². The fourth-order valence-electron chi connectivity index (χ4n) is 1.21. The molecule has 1 aromatic rings. The molecule has 6 heteroatoms. The number of rotatable bonds is 4. The molecule has 0 saturated heterocycles. The van der Waals surface area contributed by atoms with Crippen molar-refractivity contribution in [3.63, 3.8) is 0 Å². The number of amides is 1. The van der Waals surface area contributed by atoms with Crippen molar-refractivity contribution in [2.45, 2.75) is 18.7 Å². The second-order valence-electron chi connectivity index (χ2n) is 3.75. The summed E-state index contributed by atoms with van der Waals surface area (Å²) in [5, 5.41) is -1.02. The van der Waals surface area contributed by atoms with Gasteiger partial charge in [0.05, 0.1) is 12.8 Å². The fourth-order valence-corrected chi connectivity index (χ4v) is 1.75. The van der Waals surface area contributed by atoms with Crippen LogP contribution >= 0.6 is 0 Å². The summed E-state index contributed by atoms with van der Waals surface area (Å²) >= 11 is 0. The van der Waals surface area contributed by atoms with Crippen molar-refractivity contribution in [3.05, 3.63) is 24.2 Å². The zero-order valence-corrected chi connectivity index (χ0v) is 10.3. The van der Waals surface area contributed by atoms with E-state index >= 15 is 0 Å². The van der Waals surface area contributed by atoms with Gasteiger partial charge < -0.3 is 9.32 Å². The molecule has 5 nitrogen and oxygen atoms in total. The summed E-state index contributed by atoms with van der Waals surface area (Å²) in [6.07, 6.45) is 2.56. The Labute approximate surface area is 95.0 Å². The molecule has 1 rings (SSSR count). The molecule has 0 aliphatic heterocycles. The lowest BCUT2D eigenvalue weighted by Crippen LogP contribution is -2.38. The lowest BCUT2D eigenvalue weighted by atomic mass is 10.3. The van der Waals surface area contributed by atoms with Gasteiger partial charge in [0, 0.05) is 13.3 Å². The maximum atomic E-state index is 11.7. The van der Waals surface area contributed by atoms with Gasteiger partial charge in [-0.2, -0.15) is 0 Å². The summed E-state index contributed by atoms with van der Waals surface area (Å²) in [6.45, 7) is 1.65. The number of carbonyl (C=O) groups is 1. The first-order valence-corrected chi connectivity index (χ1v) is 6.74. The van der Waals surface area contributed by atoms with Gasteiger partial charge in [-0.15, -0.1) is 0 Å². The van der Waals surface area contributed by atoms with Crippen LogP contribution in [0, 0.1) is 0 Å². The lowest BCUT2D eigenvalue weighted by Gasteiger charge is -2.19. The highest BCUT2D eigenvalue weighted by molar-refractivity contribution is 7.92. The molecule has 0 radical (unpaired) electrons. The molecule has 1 heterocycles. The van der Waals surface area contributed by atoms with Gasteiger partial charge in [-0.05, 0) is 19.1 Å². The highest BCUT2D eigenvalue weighted by atomic mass is 32.2. The fraction of sp³-hybridized carbons (Fsp3) is 0.500. The quantitative estimate of drug-likeness (QED) is 0.782. The molecule has 1 aromatic heterocycles. The number of nitrogens with zero attached hydrogens (tertiary/aromatic N) is 1. The van der Waals surface area contributed by atoms with Crippen molar-refractivity contribution in [1.82, 2.24) is 4.90 Å². The summed E-state index contributed by atoms with van der Waals surface area (Å²) in [6, 6.07) is 3.45. The minimum atomic E-state index is -3.35. The summed E-state index contributed by atoms with van der Waals surface area (Å²) in [4.78, 5) is 13.1. The van der Waals surface area contributed by atoms with E-state index in [0.717, 1.165) is 6.26 Å². The molecule has 16 heavy (non-hydrogen) atoms. The van der Waals surface area contributed by atoms with Crippen LogP contribution in [0.1, 0.15) is 12.7 Å². The van der Waals surface area contributed by atoms with Crippen molar-refractivity contribution in [3.8, 4) is 0 Å². The van der Waals surface area contributed by atoms with Crippen LogP contribution < -0.4 is 0 Å². The summed E-state index contributed by atoms with van der Waals surface area (Å²) < 4.78 is 27.5. The second-order valence-corrected chi connectivity index (χ2v) is 6.11. The van der Waals surface area contributed by atoms with Gasteiger partial charge >= 0.3 is 0 Å². The zero-order valence-electron chi connectivity index (χ0n) is 9.50. The Bertz CT molecular complexity index is 449. The average Bonchev–Trinajstić information content (AvgIpc) is 2.66. The second kappa shape index (κ2) is 4.69. The predicted octanol–water partition coefficient (Wildman–Crippen LogP) is 0.671. The van der Waals surface area contributed by atoms with E-state index in [2.05, 4.69) is 0 Å². The van der Waals surface area contributed by atoms with Crippen LogP contribution in [-0.4, -0.2) is 37.8 Å². The van der Waals surface area contributed by atoms with Gasteiger partial charge in [0.1, 0.15) is 11.0 Å². The first kappa shape index (κ1) is 12.8. The van der Waals surface area contributed by atoms with E-state index in [1.54, 1.807) is 19.2 Å². The molecule has 0 aliphatic carbocycles. The van der Waals surface area contributed by atoms with Gasteiger partial charge in [0.15, 0.2) is 9.84 Å². The van der Waals surface area contributed by atoms with E-state index in [1.807, 2.05) is 0 Å². The van der Waals surface area contributed by atoms with Crippen LogP contribution in [0.3, 0.4) is 0 Å². The van der Waals surface area contributed by atoms with Crippen molar-refractivity contribution >= 4 is 15.7 Å². The molecule has 1 atom stereocenters. The summed E-state index contributed by atoms with van der Waals surface area (Å²) in [5.74, 6) is 0.190. The maximum absolute atomic E-state index is 11.7. The monoisotopic (exact) mass is 245 g/mol. The molecule has 0 N–H and O–H groups in total. The van der Waals surface area contributed by atoms with E-state index in [-0.39, 0.29) is 6.54 Å². The molecule has 1 amide bonds. The largest absolute Gasteiger partial charge is 0.467 e. The standard InChI is InChI=1S/C10H15NO4S/c1-8(16(3,13)14)10(12)11(2)7-9-5-4-6-15-9/h4-6,8H,7H2,1-3H3. The van der Waals surface area contributed by atoms with Gasteiger partial charge in [0.25, 0.3) is 0 Å². The zero-order chi connectivity index (χ0) is 12.3. The Balaban J connectivity index is 2.68. The molecular formula is C10H15NO4S. The Hall–Kier alpha value is -1.30. The molecule has 0 spiro atoms. The third-order valence-electron chi connectivity index (χ3n) is 2.34. The molecule has 90 valence electrons. The molecule has 0 saturated carbocycles. The van der Waals surface area contributed by atoms with Gasteiger partial charge in [-0.3, -0.25) is 4.79 Å². The molecule has 0 bridgehead atoms. The number of furan rings is 1. The minimum absolute atomic E-state index is 0.270. The van der Waals surface area contributed by atoms with E-state index in [1.165, 1.54) is 18.1 Å². The Kier molecular flexibility index (Phi) is 3.74. The smallest absolute Gasteiger partial charge is 0.240 e. The Morgan fingerprint density at radius 3 is 2.62 bits per heavy atom. The van der Waals surface area contributed by atoms with Crippen LogP contribution in [0.15, 0.2) is 22.8 Å². The maximum Gasteiger partial charge on any atom is 0.240 e. The van der Waals surface area contributed by atoms with Gasteiger partial charge in [-0.1, -0.05) is 0 Å². The Morgan fingerprint density at radius 1 is 1.56 bits per heavy atom. The minimum Gasteiger partial charge on any atom is -0.467 e. The Morgan fingerprint density at radius 2 is 2.19 bits per heavy atom. The van der Waals surface area contributed by atoms with Crippen LogP contribution in [-0.2, 0) is 21.2 Å². The van der Waals surface area contributed by atoms with E-state index in [4.69, 9.17) is 4.42 Å². The first-order valence-electron chi connectivity index (χ1n) is 4.78. The molecule has 1 unspecified atom stereocenters. The van der Waals surface area contributed by atoms with Crippen LogP contribution in [0.4, 0.5) is 0 Å². The topological polar surface area (TPSA) is 67.6 Å². The average molecular weight is 245 g/mol.